The molecule has 2 heterocycles. The lowest BCUT2D eigenvalue weighted by molar-refractivity contribution is 0.289. The average molecular weight is 325 g/mol. The highest BCUT2D eigenvalue weighted by Gasteiger charge is 2.33. The Bertz CT molecular complexity index is 715. The van der Waals surface area contributed by atoms with E-state index in [1.165, 1.54) is 0 Å². The SMILES string of the molecule is CN(Cc1cccc(C#N)c1)C[C@@H]1C[C@H](F)CN1c1cccnn1. The van der Waals surface area contributed by atoms with Crippen LogP contribution in [0, 0.1) is 11.3 Å². The molecule has 0 unspecified atom stereocenters. The van der Waals surface area contributed by atoms with Crippen LogP contribution in [0.25, 0.3) is 0 Å². The van der Waals surface area contributed by atoms with Gasteiger partial charge in [-0.15, -0.1) is 5.10 Å². The molecule has 0 saturated carbocycles. The van der Waals surface area contributed by atoms with Crippen LogP contribution in [0.15, 0.2) is 42.6 Å². The molecule has 0 N–H and O–H groups in total. The highest BCUT2D eigenvalue weighted by Crippen LogP contribution is 2.26. The van der Waals surface area contributed by atoms with Gasteiger partial charge in [0.05, 0.1) is 18.2 Å². The Labute approximate surface area is 141 Å². The van der Waals surface area contributed by atoms with E-state index in [0.29, 0.717) is 18.5 Å². The minimum Gasteiger partial charge on any atom is -0.348 e. The molecule has 24 heavy (non-hydrogen) atoms. The molecule has 0 bridgehead atoms. The van der Waals surface area contributed by atoms with E-state index in [1.807, 2.05) is 42.3 Å². The molecule has 1 saturated heterocycles. The van der Waals surface area contributed by atoms with Crippen molar-refractivity contribution in [3.63, 3.8) is 0 Å². The van der Waals surface area contributed by atoms with Crippen LogP contribution in [0.2, 0.25) is 0 Å². The zero-order valence-electron chi connectivity index (χ0n) is 13.6. The molecule has 0 spiro atoms. The number of hydrogen-bond donors (Lipinski definition) is 0. The lowest BCUT2D eigenvalue weighted by atomic mass is 10.1. The summed E-state index contributed by atoms with van der Waals surface area (Å²) in [4.78, 5) is 4.16. The van der Waals surface area contributed by atoms with Crippen LogP contribution in [0.3, 0.4) is 0 Å². The Balaban J connectivity index is 1.66. The van der Waals surface area contributed by atoms with Crippen LogP contribution >= 0.6 is 0 Å². The van der Waals surface area contributed by atoms with Gasteiger partial charge in [-0.25, -0.2) is 4.39 Å². The second-order valence-electron chi connectivity index (χ2n) is 6.23. The molecule has 1 aromatic carbocycles. The summed E-state index contributed by atoms with van der Waals surface area (Å²) in [5, 5.41) is 17.0. The van der Waals surface area contributed by atoms with Gasteiger partial charge < -0.3 is 9.80 Å². The topological polar surface area (TPSA) is 56.1 Å². The molecular weight excluding hydrogens is 305 g/mol. The van der Waals surface area contributed by atoms with E-state index in [0.717, 1.165) is 24.5 Å². The maximum Gasteiger partial charge on any atom is 0.151 e. The quantitative estimate of drug-likeness (QED) is 0.845. The van der Waals surface area contributed by atoms with Gasteiger partial charge in [0.15, 0.2) is 5.82 Å². The number of rotatable bonds is 5. The highest BCUT2D eigenvalue weighted by molar-refractivity contribution is 5.40. The second kappa shape index (κ2) is 7.37. The van der Waals surface area contributed by atoms with Crippen molar-refractivity contribution in [1.82, 2.24) is 15.1 Å². The molecular formula is C18H20FN5. The van der Waals surface area contributed by atoms with Crippen molar-refractivity contribution in [3.8, 4) is 6.07 Å². The van der Waals surface area contributed by atoms with Gasteiger partial charge in [0, 0.05) is 31.7 Å². The van der Waals surface area contributed by atoms with Gasteiger partial charge in [-0.2, -0.15) is 10.4 Å². The number of nitrogens with zero attached hydrogens (tertiary/aromatic N) is 5. The fourth-order valence-corrected chi connectivity index (χ4v) is 3.23. The normalized spacial score (nSPS) is 20.3. The van der Waals surface area contributed by atoms with Crippen LogP contribution in [-0.4, -0.2) is 47.4 Å². The minimum atomic E-state index is -0.840. The van der Waals surface area contributed by atoms with E-state index in [9.17, 15) is 4.39 Å². The lowest BCUT2D eigenvalue weighted by Crippen LogP contribution is -2.39. The predicted octanol–water partition coefficient (Wildman–Crippen LogP) is 2.40. The number of likely N-dealkylation sites (N-methyl/N-ethyl adjacent to an activating group) is 1. The summed E-state index contributed by atoms with van der Waals surface area (Å²) >= 11 is 0. The first-order valence-corrected chi connectivity index (χ1v) is 8.01. The molecule has 1 aliphatic heterocycles. The molecule has 0 aliphatic carbocycles. The largest absolute Gasteiger partial charge is 0.348 e. The van der Waals surface area contributed by atoms with Crippen molar-refractivity contribution in [3.05, 3.63) is 53.7 Å². The summed E-state index contributed by atoms with van der Waals surface area (Å²) in [5.74, 6) is 0.725. The Morgan fingerprint density at radius 2 is 2.25 bits per heavy atom. The third kappa shape index (κ3) is 3.87. The molecule has 1 aliphatic rings. The predicted molar refractivity (Wildman–Crippen MR) is 90.2 cm³/mol. The molecule has 124 valence electrons. The molecule has 2 atom stereocenters. The van der Waals surface area contributed by atoms with Crippen LogP contribution in [-0.2, 0) is 6.54 Å². The molecule has 0 amide bonds. The molecule has 1 aromatic heterocycles. The van der Waals surface area contributed by atoms with Gasteiger partial charge in [-0.05, 0) is 36.9 Å². The van der Waals surface area contributed by atoms with Crippen LogP contribution < -0.4 is 4.90 Å². The number of benzene rings is 1. The van der Waals surface area contributed by atoms with Crippen LogP contribution in [0.4, 0.5) is 10.2 Å². The van der Waals surface area contributed by atoms with Gasteiger partial charge in [0.1, 0.15) is 6.17 Å². The van der Waals surface area contributed by atoms with Gasteiger partial charge in [-0.3, -0.25) is 0 Å². The summed E-state index contributed by atoms with van der Waals surface area (Å²) < 4.78 is 13.9. The van der Waals surface area contributed by atoms with Crippen molar-refractivity contribution in [2.75, 3.05) is 25.0 Å². The molecule has 0 radical (unpaired) electrons. The summed E-state index contributed by atoms with van der Waals surface area (Å²) in [6.45, 7) is 1.81. The average Bonchev–Trinajstić information content (AvgIpc) is 2.96. The first kappa shape index (κ1) is 16.3. The van der Waals surface area contributed by atoms with E-state index in [-0.39, 0.29) is 6.04 Å². The van der Waals surface area contributed by atoms with Gasteiger partial charge in [0.25, 0.3) is 0 Å². The van der Waals surface area contributed by atoms with E-state index >= 15 is 0 Å². The summed E-state index contributed by atoms with van der Waals surface area (Å²) in [6, 6.07) is 13.5. The third-order valence-electron chi connectivity index (χ3n) is 4.25. The highest BCUT2D eigenvalue weighted by atomic mass is 19.1. The number of alkyl halides is 1. The first-order chi connectivity index (χ1) is 11.7. The summed E-state index contributed by atoms with van der Waals surface area (Å²) in [6.07, 6.45) is 1.28. The number of anilines is 1. The first-order valence-electron chi connectivity index (χ1n) is 8.01. The van der Waals surface area contributed by atoms with Crippen molar-refractivity contribution in [1.29, 1.82) is 5.26 Å². The maximum atomic E-state index is 13.9. The summed E-state index contributed by atoms with van der Waals surface area (Å²) in [5.41, 5.74) is 1.74. The minimum absolute atomic E-state index is 0.0702. The van der Waals surface area contributed by atoms with E-state index in [4.69, 9.17) is 5.26 Å². The van der Waals surface area contributed by atoms with Crippen molar-refractivity contribution >= 4 is 5.82 Å². The van der Waals surface area contributed by atoms with E-state index in [2.05, 4.69) is 21.2 Å². The van der Waals surface area contributed by atoms with Crippen molar-refractivity contribution in [2.45, 2.75) is 25.2 Å². The van der Waals surface area contributed by atoms with Crippen LogP contribution in [0.5, 0.6) is 0 Å². The number of hydrogen-bond acceptors (Lipinski definition) is 5. The maximum absolute atomic E-state index is 13.9. The summed E-state index contributed by atoms with van der Waals surface area (Å²) in [7, 11) is 2.01. The lowest BCUT2D eigenvalue weighted by Gasteiger charge is -2.28. The molecule has 3 rings (SSSR count). The Morgan fingerprint density at radius 3 is 3.00 bits per heavy atom. The van der Waals surface area contributed by atoms with Crippen molar-refractivity contribution < 1.29 is 4.39 Å². The standard InChI is InChI=1S/C18H20FN5/c1-23(11-15-5-2-4-14(8-15)10-20)13-17-9-16(19)12-24(17)18-6-3-7-21-22-18/h2-8,16-17H,9,11-13H2,1H3/t16-,17-/m0/s1. The zero-order valence-corrected chi connectivity index (χ0v) is 13.6. The fourth-order valence-electron chi connectivity index (χ4n) is 3.23. The molecule has 5 nitrogen and oxygen atoms in total. The molecule has 6 heteroatoms. The van der Waals surface area contributed by atoms with Crippen molar-refractivity contribution in [2.24, 2.45) is 0 Å². The fraction of sp³-hybridized carbons (Fsp3) is 0.389. The Kier molecular flexibility index (Phi) is 5.02. The number of nitriles is 1. The third-order valence-corrected chi connectivity index (χ3v) is 4.25. The van der Waals surface area contributed by atoms with E-state index in [1.54, 1.807) is 12.3 Å². The Hall–Kier alpha value is -2.52. The van der Waals surface area contributed by atoms with Gasteiger partial charge >= 0.3 is 0 Å². The molecule has 2 aromatic rings. The van der Waals surface area contributed by atoms with Gasteiger partial charge in [0.2, 0.25) is 0 Å². The monoisotopic (exact) mass is 325 g/mol. The molecule has 1 fully saturated rings. The number of aromatic nitrogens is 2. The zero-order chi connectivity index (χ0) is 16.9. The van der Waals surface area contributed by atoms with E-state index < -0.39 is 6.17 Å². The smallest absolute Gasteiger partial charge is 0.151 e. The Morgan fingerprint density at radius 1 is 1.38 bits per heavy atom. The number of halogens is 1. The van der Waals surface area contributed by atoms with Crippen LogP contribution in [0.1, 0.15) is 17.5 Å². The second-order valence-corrected chi connectivity index (χ2v) is 6.23. The van der Waals surface area contributed by atoms with Gasteiger partial charge in [-0.1, -0.05) is 12.1 Å².